The van der Waals surface area contributed by atoms with Crippen LogP contribution in [0.2, 0.25) is 5.02 Å². The Kier molecular flexibility index (Phi) is 4.74. The minimum absolute atomic E-state index is 0.0268. The lowest BCUT2D eigenvalue weighted by Gasteiger charge is -2.09. The first-order chi connectivity index (χ1) is 9.70. The fourth-order valence-electron chi connectivity index (χ4n) is 1.58. The minimum Gasteiger partial charge on any atom is -0.224 e. The number of thiophene rings is 1. The molecule has 0 atom stereocenters. The third-order valence-electron chi connectivity index (χ3n) is 2.64. The van der Waals surface area contributed by atoms with Gasteiger partial charge in [0.2, 0.25) is 10.0 Å². The summed E-state index contributed by atoms with van der Waals surface area (Å²) >= 11 is 7.29. The molecule has 1 heterocycles. The quantitative estimate of drug-likeness (QED) is 0.881. The van der Waals surface area contributed by atoms with Crippen LogP contribution in [-0.2, 0) is 26.4 Å². The highest BCUT2D eigenvalue weighted by atomic mass is 35.5. The third-order valence-corrected chi connectivity index (χ3v) is 6.51. The molecule has 2 aromatic rings. The molecule has 0 amide bonds. The summed E-state index contributed by atoms with van der Waals surface area (Å²) in [7, 11) is -7.40. The van der Waals surface area contributed by atoms with Crippen LogP contribution < -0.4 is 4.72 Å². The van der Waals surface area contributed by atoms with Gasteiger partial charge in [0.25, 0.3) is 0 Å². The molecule has 114 valence electrons. The lowest BCUT2D eigenvalue weighted by Crippen LogP contribution is -2.23. The van der Waals surface area contributed by atoms with E-state index in [2.05, 4.69) is 4.72 Å². The normalized spacial score (nSPS) is 12.5. The van der Waals surface area contributed by atoms with Crippen molar-refractivity contribution in [3.8, 4) is 0 Å². The predicted molar refractivity (Wildman–Crippen MR) is 82.9 cm³/mol. The number of hydrogen-bond donors (Lipinski definition) is 1. The van der Waals surface area contributed by atoms with Gasteiger partial charge < -0.3 is 0 Å². The van der Waals surface area contributed by atoms with Crippen molar-refractivity contribution in [3.05, 3.63) is 45.6 Å². The van der Waals surface area contributed by atoms with Gasteiger partial charge >= 0.3 is 0 Å². The van der Waals surface area contributed by atoms with Gasteiger partial charge in [-0.15, -0.1) is 11.3 Å². The van der Waals surface area contributed by atoms with E-state index in [1.165, 1.54) is 23.5 Å². The molecule has 1 aromatic heterocycles. The summed E-state index contributed by atoms with van der Waals surface area (Å²) in [4.78, 5) is 0.501. The number of rotatable bonds is 5. The Morgan fingerprint density at radius 1 is 1.19 bits per heavy atom. The molecule has 0 unspecified atom stereocenters. The van der Waals surface area contributed by atoms with Crippen molar-refractivity contribution < 1.29 is 16.8 Å². The van der Waals surface area contributed by atoms with E-state index in [0.717, 1.165) is 17.2 Å². The Bertz CT molecular complexity index is 843. The van der Waals surface area contributed by atoms with Crippen LogP contribution in [0, 0.1) is 0 Å². The maximum Gasteiger partial charge on any atom is 0.242 e. The number of hydrogen-bond acceptors (Lipinski definition) is 5. The van der Waals surface area contributed by atoms with Gasteiger partial charge in [0.1, 0.15) is 4.90 Å². The molecule has 0 aliphatic heterocycles. The molecule has 0 saturated heterocycles. The Hall–Kier alpha value is -0.930. The fraction of sp³-hybridized carbons (Fsp3) is 0.167. The van der Waals surface area contributed by atoms with E-state index in [1.54, 1.807) is 6.07 Å². The second kappa shape index (κ2) is 6.05. The van der Waals surface area contributed by atoms with Crippen molar-refractivity contribution in [2.75, 3.05) is 6.26 Å². The summed E-state index contributed by atoms with van der Waals surface area (Å²) in [6.45, 7) is 0.124. The molecule has 0 fully saturated rings. The van der Waals surface area contributed by atoms with Gasteiger partial charge in [0, 0.05) is 17.7 Å². The smallest absolute Gasteiger partial charge is 0.224 e. The second-order valence-corrected chi connectivity index (χ2v) is 9.46. The molecular formula is C12H12ClNO4S3. The van der Waals surface area contributed by atoms with Crippen molar-refractivity contribution in [1.29, 1.82) is 0 Å². The highest BCUT2D eigenvalue weighted by Gasteiger charge is 2.20. The Morgan fingerprint density at radius 2 is 1.90 bits per heavy atom. The van der Waals surface area contributed by atoms with E-state index in [4.69, 9.17) is 11.6 Å². The molecule has 0 aliphatic carbocycles. The van der Waals surface area contributed by atoms with E-state index in [1.807, 2.05) is 11.4 Å². The van der Waals surface area contributed by atoms with Crippen LogP contribution in [0.15, 0.2) is 45.5 Å². The zero-order valence-corrected chi connectivity index (χ0v) is 14.1. The topological polar surface area (TPSA) is 80.3 Å². The van der Waals surface area contributed by atoms with Gasteiger partial charge in [-0.25, -0.2) is 21.6 Å². The summed E-state index contributed by atoms with van der Waals surface area (Å²) in [6.07, 6.45) is 1.01. The number of nitrogens with one attached hydrogen (secondary N) is 1. The van der Waals surface area contributed by atoms with E-state index >= 15 is 0 Å². The maximum absolute atomic E-state index is 12.2. The lowest BCUT2D eigenvalue weighted by atomic mass is 10.4. The van der Waals surface area contributed by atoms with E-state index in [-0.39, 0.29) is 21.4 Å². The average Bonchev–Trinajstić information content (AvgIpc) is 2.88. The number of sulfone groups is 1. The summed E-state index contributed by atoms with van der Waals surface area (Å²) < 4.78 is 49.9. The van der Waals surface area contributed by atoms with Crippen LogP contribution in [0.4, 0.5) is 0 Å². The third kappa shape index (κ3) is 4.04. The van der Waals surface area contributed by atoms with Gasteiger partial charge in [-0.1, -0.05) is 17.7 Å². The molecule has 0 aliphatic rings. The van der Waals surface area contributed by atoms with Gasteiger partial charge in [0.15, 0.2) is 9.84 Å². The Morgan fingerprint density at radius 3 is 2.48 bits per heavy atom. The summed E-state index contributed by atoms with van der Waals surface area (Å²) in [5, 5.41) is 1.81. The molecule has 9 heteroatoms. The van der Waals surface area contributed by atoms with Gasteiger partial charge in [-0.3, -0.25) is 0 Å². The molecule has 1 N–H and O–H groups in total. The number of sulfonamides is 1. The summed E-state index contributed by atoms with van der Waals surface area (Å²) in [5.41, 5.74) is 0. The van der Waals surface area contributed by atoms with Crippen molar-refractivity contribution in [1.82, 2.24) is 4.72 Å². The molecule has 0 bridgehead atoms. The highest BCUT2D eigenvalue weighted by Crippen LogP contribution is 2.25. The Labute approximate surface area is 132 Å². The highest BCUT2D eigenvalue weighted by molar-refractivity contribution is 7.91. The zero-order chi connectivity index (χ0) is 15.7. The van der Waals surface area contributed by atoms with E-state index < -0.39 is 19.9 Å². The Balaban J connectivity index is 2.35. The van der Waals surface area contributed by atoms with Gasteiger partial charge in [0.05, 0.1) is 9.92 Å². The first kappa shape index (κ1) is 16.4. The van der Waals surface area contributed by atoms with E-state index in [9.17, 15) is 16.8 Å². The number of benzene rings is 1. The minimum atomic E-state index is -3.89. The van der Waals surface area contributed by atoms with Crippen LogP contribution in [0.1, 0.15) is 4.88 Å². The summed E-state index contributed by atoms with van der Waals surface area (Å²) in [6, 6.07) is 7.20. The van der Waals surface area contributed by atoms with Crippen molar-refractivity contribution >= 4 is 42.8 Å². The predicted octanol–water partition coefficient (Wildman–Crippen LogP) is 2.28. The van der Waals surface area contributed by atoms with E-state index in [0.29, 0.717) is 0 Å². The molecule has 2 rings (SSSR count). The molecule has 0 saturated carbocycles. The van der Waals surface area contributed by atoms with Gasteiger partial charge in [-0.2, -0.15) is 0 Å². The first-order valence-electron chi connectivity index (χ1n) is 5.72. The lowest BCUT2D eigenvalue weighted by molar-refractivity contribution is 0.581. The molecule has 1 aromatic carbocycles. The van der Waals surface area contributed by atoms with Crippen LogP contribution in [0.5, 0.6) is 0 Å². The standard InChI is InChI=1S/C12H12ClNO4S3/c1-20(15,16)10-4-5-11(13)12(7-10)21(17,18)14-8-9-3-2-6-19-9/h2-7,14H,8H2,1H3. The first-order valence-corrected chi connectivity index (χ1v) is 10.3. The molecule has 0 radical (unpaired) electrons. The average molecular weight is 366 g/mol. The summed E-state index contributed by atoms with van der Waals surface area (Å²) in [5.74, 6) is 0. The van der Waals surface area contributed by atoms with Crippen LogP contribution in [-0.4, -0.2) is 23.1 Å². The molecular weight excluding hydrogens is 354 g/mol. The fourth-order valence-corrected chi connectivity index (χ4v) is 4.57. The van der Waals surface area contributed by atoms with Crippen molar-refractivity contribution in [2.45, 2.75) is 16.3 Å². The SMILES string of the molecule is CS(=O)(=O)c1ccc(Cl)c(S(=O)(=O)NCc2cccs2)c1. The molecule has 5 nitrogen and oxygen atoms in total. The maximum atomic E-state index is 12.2. The largest absolute Gasteiger partial charge is 0.242 e. The van der Waals surface area contributed by atoms with Gasteiger partial charge in [-0.05, 0) is 29.6 Å². The van der Waals surface area contributed by atoms with Crippen molar-refractivity contribution in [3.63, 3.8) is 0 Å². The van der Waals surface area contributed by atoms with Crippen LogP contribution >= 0.6 is 22.9 Å². The van der Waals surface area contributed by atoms with Crippen molar-refractivity contribution in [2.24, 2.45) is 0 Å². The number of halogens is 1. The monoisotopic (exact) mass is 365 g/mol. The zero-order valence-electron chi connectivity index (χ0n) is 10.9. The molecule has 21 heavy (non-hydrogen) atoms. The van der Waals surface area contributed by atoms with Crippen LogP contribution in [0.25, 0.3) is 0 Å². The van der Waals surface area contributed by atoms with Crippen LogP contribution in [0.3, 0.4) is 0 Å². The second-order valence-electron chi connectivity index (χ2n) is 4.27. The molecule has 0 spiro atoms.